The maximum absolute atomic E-state index is 14.6. The number of hydrogen-bond acceptors (Lipinski definition) is 6. The fourth-order valence-electron chi connectivity index (χ4n) is 11.7. The first-order valence-corrected chi connectivity index (χ1v) is 33.0. The molecule has 0 saturated carbocycles. The molecule has 6 nitrogen and oxygen atoms in total. The zero-order valence-electron chi connectivity index (χ0n) is 41.1. The zero-order valence-corrected chi connectivity index (χ0v) is 45.3. The van der Waals surface area contributed by atoms with Crippen molar-refractivity contribution in [1.82, 2.24) is 0 Å². The molecule has 354 valence electrons. The molecule has 73 heavy (non-hydrogen) atoms. The number of methoxy groups -OCH3 is 3. The Hall–Kier alpha value is -8.04. The van der Waals surface area contributed by atoms with Gasteiger partial charge < -0.3 is 0 Å². The molecule has 12 rings (SSSR count). The molecule has 0 N–H and O–H groups in total. The molecule has 2 aliphatic rings. The van der Waals surface area contributed by atoms with Crippen molar-refractivity contribution < 1.29 is 19.0 Å². The number of carbonyl (C=O) groups excluding carboxylic acids is 1. The molecule has 2 heterocycles. The van der Waals surface area contributed by atoms with Gasteiger partial charge in [0.2, 0.25) is 0 Å². The van der Waals surface area contributed by atoms with Crippen molar-refractivity contribution >= 4 is 102 Å². The van der Waals surface area contributed by atoms with Crippen LogP contribution in [0.25, 0.3) is 0 Å². The first kappa shape index (κ1) is 46.1. The Morgan fingerprint density at radius 1 is 0.342 bits per heavy atom. The molecule has 0 bridgehead atoms. The SMILES string of the molecule is COc1ccc2[c](c1)[Ge]([c]1ccccc1)([c]1ccccc1)[c]1cc(C)ccc1N2c1ccc(C(=O)c2ccc(N3c4ccc(OC)c[c]4[Ge]([c]4ccccc4)([c]4ccccc4)[c]4cc(OC)ccc43)cc2)cc1. The molecule has 0 amide bonds. The fraction of sp³-hybridized carbons (Fsp3) is 0.0615. The van der Waals surface area contributed by atoms with Crippen molar-refractivity contribution in [2.75, 3.05) is 31.1 Å². The van der Waals surface area contributed by atoms with Gasteiger partial charge in [-0.25, -0.2) is 0 Å². The van der Waals surface area contributed by atoms with Crippen LogP contribution in [0.3, 0.4) is 0 Å². The number of rotatable bonds is 11. The van der Waals surface area contributed by atoms with Crippen molar-refractivity contribution in [3.05, 3.63) is 259 Å². The van der Waals surface area contributed by atoms with Crippen LogP contribution in [0, 0.1) is 6.92 Å². The van der Waals surface area contributed by atoms with Gasteiger partial charge in [0, 0.05) is 0 Å². The molecule has 0 spiro atoms. The number of benzene rings is 10. The van der Waals surface area contributed by atoms with Gasteiger partial charge in [-0.1, -0.05) is 0 Å². The van der Waals surface area contributed by atoms with E-state index < -0.39 is 26.5 Å². The zero-order chi connectivity index (χ0) is 49.7. The summed E-state index contributed by atoms with van der Waals surface area (Å²) in [7, 11) is 5.21. The van der Waals surface area contributed by atoms with Crippen LogP contribution in [0.15, 0.2) is 243 Å². The molecule has 10 aromatic rings. The van der Waals surface area contributed by atoms with Crippen LogP contribution in [0.1, 0.15) is 21.5 Å². The molecule has 2 aliphatic heterocycles. The summed E-state index contributed by atoms with van der Waals surface area (Å²) in [6, 6.07) is 86.7. The van der Waals surface area contributed by atoms with E-state index in [0.29, 0.717) is 11.1 Å². The van der Waals surface area contributed by atoms with Gasteiger partial charge in [0.05, 0.1) is 0 Å². The molecule has 0 atom stereocenters. The predicted octanol–water partition coefficient (Wildman–Crippen LogP) is 9.57. The van der Waals surface area contributed by atoms with Gasteiger partial charge in [-0.2, -0.15) is 0 Å². The van der Waals surface area contributed by atoms with Crippen LogP contribution in [-0.4, -0.2) is 53.6 Å². The van der Waals surface area contributed by atoms with Gasteiger partial charge in [-0.15, -0.1) is 0 Å². The van der Waals surface area contributed by atoms with E-state index >= 15 is 0 Å². The Bertz CT molecular complexity index is 3530. The van der Waals surface area contributed by atoms with Crippen LogP contribution in [-0.2, 0) is 0 Å². The van der Waals surface area contributed by atoms with Gasteiger partial charge in [0.15, 0.2) is 0 Å². The maximum atomic E-state index is 14.6. The van der Waals surface area contributed by atoms with Crippen LogP contribution in [0.5, 0.6) is 17.2 Å². The number of nitrogens with zero attached hydrogens (tertiary/aromatic N) is 2. The van der Waals surface area contributed by atoms with E-state index in [2.05, 4.69) is 235 Å². The quantitative estimate of drug-likeness (QED) is 0.0952. The average molecular weight is 1070 g/mol. The van der Waals surface area contributed by atoms with Gasteiger partial charge in [0.1, 0.15) is 0 Å². The van der Waals surface area contributed by atoms with Crippen molar-refractivity contribution in [3.8, 4) is 17.2 Å². The van der Waals surface area contributed by atoms with Crippen molar-refractivity contribution in [2.24, 2.45) is 0 Å². The molecule has 0 fully saturated rings. The summed E-state index contributed by atoms with van der Waals surface area (Å²) < 4.78 is 28.4. The molecule has 0 saturated heterocycles. The number of aryl methyl sites for hydroxylation is 1. The monoisotopic (exact) mass is 1070 g/mol. The summed E-state index contributed by atoms with van der Waals surface area (Å²) in [4.78, 5) is 19.3. The minimum absolute atomic E-state index is 0.0452. The standard InChI is InChI=1S/C65H52Ge2N2O4/c1-45-25-37-61-57(41-45)66(48-17-9-5-10-18-48,49-19-11-6-12-20-49)58-42-54(71-2)34-38-62(58)68(61)52-30-26-46(27-31-52)65(70)47-28-32-53(33-29-47)69-63-39-35-55(72-3)43-59(63)67(50-21-13-7-14-22-50,51-23-15-8-16-24-51)60-44-56(73-4)36-40-64(60)69/h5-44H,1-4H3. The summed E-state index contributed by atoms with van der Waals surface area (Å²) >= 11 is -7.45. The second-order valence-corrected chi connectivity index (χ2v) is 34.4. The molecule has 10 aromatic carbocycles. The third-order valence-corrected chi connectivity index (χ3v) is 35.2. The van der Waals surface area contributed by atoms with Gasteiger partial charge in [-0.05, 0) is 0 Å². The Labute approximate surface area is 432 Å². The van der Waals surface area contributed by atoms with E-state index in [1.54, 1.807) is 21.3 Å². The van der Waals surface area contributed by atoms with Crippen molar-refractivity contribution in [3.63, 3.8) is 0 Å². The number of anilines is 6. The minimum atomic E-state index is -3.77. The Morgan fingerprint density at radius 2 is 0.630 bits per heavy atom. The summed E-state index contributed by atoms with van der Waals surface area (Å²) in [5.41, 5.74) is 8.80. The molecule has 0 aromatic heterocycles. The summed E-state index contributed by atoms with van der Waals surface area (Å²) in [5, 5.41) is 0. The number of fused-ring (bicyclic) bond motifs is 4. The number of ketones is 1. The van der Waals surface area contributed by atoms with Crippen molar-refractivity contribution in [1.29, 1.82) is 0 Å². The van der Waals surface area contributed by atoms with Crippen LogP contribution >= 0.6 is 0 Å². The van der Waals surface area contributed by atoms with Gasteiger partial charge in [-0.3, -0.25) is 0 Å². The molecule has 0 radical (unpaired) electrons. The van der Waals surface area contributed by atoms with Crippen LogP contribution in [0.4, 0.5) is 34.1 Å². The molecule has 8 heteroatoms. The second-order valence-electron chi connectivity index (χ2n) is 18.7. The van der Waals surface area contributed by atoms with Gasteiger partial charge >= 0.3 is 435 Å². The fourth-order valence-corrected chi connectivity index (χ4v) is 33.4. The van der Waals surface area contributed by atoms with E-state index in [9.17, 15) is 4.79 Å². The predicted molar refractivity (Wildman–Crippen MR) is 304 cm³/mol. The number of ether oxygens (including phenoxy) is 3. The van der Waals surface area contributed by atoms with E-state index in [4.69, 9.17) is 14.2 Å². The van der Waals surface area contributed by atoms with Gasteiger partial charge in [0.25, 0.3) is 0 Å². The van der Waals surface area contributed by atoms with E-state index in [1.165, 1.54) is 40.7 Å². The molecular weight excluding hydrogens is 1020 g/mol. The Balaban J connectivity index is 0.937. The summed E-state index contributed by atoms with van der Waals surface area (Å²) in [6.45, 7) is 2.19. The molecular formula is C65H52Ge2N2O4. The normalized spacial score (nSPS) is 13.7. The van der Waals surface area contributed by atoms with Crippen molar-refractivity contribution in [2.45, 2.75) is 6.92 Å². The van der Waals surface area contributed by atoms with E-state index in [0.717, 1.165) is 51.4 Å². The van der Waals surface area contributed by atoms with E-state index in [1.807, 2.05) is 24.3 Å². The first-order valence-electron chi connectivity index (χ1n) is 24.6. The Kier molecular flexibility index (Phi) is 11.9. The number of carbonyl (C=O) groups is 1. The first-order chi connectivity index (χ1) is 35.9. The summed E-state index contributed by atoms with van der Waals surface area (Å²) in [6.07, 6.45) is 0. The molecule has 0 aliphatic carbocycles. The summed E-state index contributed by atoms with van der Waals surface area (Å²) in [5.74, 6) is 2.39. The average Bonchev–Trinajstić information content (AvgIpc) is 3.46. The topological polar surface area (TPSA) is 51.2 Å². The second kappa shape index (κ2) is 18.9. The molecule has 0 unspecified atom stereocenters. The van der Waals surface area contributed by atoms with Crippen LogP contribution < -0.4 is 59.2 Å². The Morgan fingerprint density at radius 3 is 0.932 bits per heavy atom. The van der Waals surface area contributed by atoms with E-state index in [-0.39, 0.29) is 5.78 Å². The van der Waals surface area contributed by atoms with Crippen LogP contribution in [0.2, 0.25) is 0 Å². The third kappa shape index (κ3) is 7.41. The number of hydrogen-bond donors (Lipinski definition) is 0. The third-order valence-electron chi connectivity index (χ3n) is 14.9.